The van der Waals surface area contributed by atoms with Crippen molar-refractivity contribution < 1.29 is 19.4 Å². The van der Waals surface area contributed by atoms with Crippen LogP contribution < -0.4 is 4.80 Å². The number of hydrogen-bond donors (Lipinski definition) is 0. The molecule has 1 heterocycles. The second-order valence-corrected chi connectivity index (χ2v) is 7.07. The van der Waals surface area contributed by atoms with Crippen molar-refractivity contribution in [2.24, 2.45) is 4.99 Å². The number of ether oxygens (including phenoxy) is 1. The summed E-state index contributed by atoms with van der Waals surface area (Å²) in [7, 11) is 1.54. The summed E-state index contributed by atoms with van der Waals surface area (Å²) in [5, 5.41) is 22.2. The van der Waals surface area contributed by atoms with Gasteiger partial charge >= 0.3 is 0 Å². The lowest BCUT2D eigenvalue weighted by Gasteiger charge is -2.05. The minimum absolute atomic E-state index is 0.0648. The zero-order valence-corrected chi connectivity index (χ0v) is 16.3. The molecule has 3 aromatic rings. The molecule has 0 spiro atoms. The van der Waals surface area contributed by atoms with Crippen LogP contribution in [0.4, 0.5) is 11.4 Å². The maximum absolute atomic E-state index is 12.8. The number of nitro benzene ring substituents is 2. The van der Waals surface area contributed by atoms with E-state index in [-0.39, 0.29) is 22.5 Å². The van der Waals surface area contributed by atoms with Crippen molar-refractivity contribution in [3.05, 3.63) is 72.6 Å². The van der Waals surface area contributed by atoms with Crippen molar-refractivity contribution in [3.63, 3.8) is 0 Å². The van der Waals surface area contributed by atoms with Crippen LogP contribution in [0.25, 0.3) is 10.2 Å². The first-order chi connectivity index (χ1) is 13.8. The number of nitro groups is 2. The Morgan fingerprint density at radius 3 is 2.62 bits per heavy atom. The van der Waals surface area contributed by atoms with Crippen LogP contribution in [0.3, 0.4) is 0 Å². The maximum atomic E-state index is 12.8. The molecule has 0 saturated carbocycles. The van der Waals surface area contributed by atoms with E-state index in [1.807, 2.05) is 0 Å². The third-order valence-electron chi connectivity index (χ3n) is 4.33. The van der Waals surface area contributed by atoms with Gasteiger partial charge in [0.15, 0.2) is 4.80 Å². The molecule has 0 atom stereocenters. The van der Waals surface area contributed by atoms with Crippen molar-refractivity contribution in [2.45, 2.75) is 13.5 Å². The molecule has 0 bridgehead atoms. The molecule has 0 fully saturated rings. The van der Waals surface area contributed by atoms with Gasteiger partial charge in [-0.2, -0.15) is 4.99 Å². The van der Waals surface area contributed by atoms with Crippen LogP contribution in [-0.2, 0) is 11.3 Å². The first kappa shape index (κ1) is 20.3. The first-order valence-corrected chi connectivity index (χ1v) is 9.25. The molecule has 0 aliphatic heterocycles. The van der Waals surface area contributed by atoms with Gasteiger partial charge in [-0.3, -0.25) is 25.0 Å². The Hall–Kier alpha value is -3.44. The van der Waals surface area contributed by atoms with Crippen LogP contribution in [0.15, 0.2) is 41.4 Å². The molecule has 0 radical (unpaired) electrons. The quantitative estimate of drug-likeness (QED) is 0.448. The summed E-state index contributed by atoms with van der Waals surface area (Å²) < 4.78 is 7.43. The van der Waals surface area contributed by atoms with Crippen molar-refractivity contribution >= 4 is 38.8 Å². The lowest BCUT2D eigenvalue weighted by atomic mass is 10.1. The molecule has 0 aliphatic carbocycles. The third-order valence-corrected chi connectivity index (χ3v) is 5.37. The number of amides is 1. The number of hydrogen-bond acceptors (Lipinski definition) is 7. The van der Waals surface area contributed by atoms with E-state index in [4.69, 9.17) is 4.74 Å². The average molecular weight is 416 g/mol. The molecule has 3 rings (SSSR count). The van der Waals surface area contributed by atoms with Gasteiger partial charge in [0, 0.05) is 37.4 Å². The smallest absolute Gasteiger partial charge is 0.280 e. The minimum atomic E-state index is -0.626. The zero-order valence-electron chi connectivity index (χ0n) is 15.5. The van der Waals surface area contributed by atoms with E-state index in [1.165, 1.54) is 44.4 Å². The number of non-ortho nitro benzene ring substituents is 1. The van der Waals surface area contributed by atoms with Crippen LogP contribution in [-0.4, -0.2) is 34.0 Å². The van der Waals surface area contributed by atoms with Crippen LogP contribution in [0.5, 0.6) is 0 Å². The third kappa shape index (κ3) is 4.05. The highest BCUT2D eigenvalue weighted by atomic mass is 32.1. The number of carbonyl (C=O) groups is 1. The van der Waals surface area contributed by atoms with Crippen LogP contribution >= 0.6 is 11.3 Å². The molecule has 29 heavy (non-hydrogen) atoms. The monoisotopic (exact) mass is 416 g/mol. The molecule has 11 heteroatoms. The van der Waals surface area contributed by atoms with Crippen molar-refractivity contribution in [3.8, 4) is 0 Å². The normalized spacial score (nSPS) is 11.7. The molecular formula is C18H16N4O6S. The van der Waals surface area contributed by atoms with Crippen LogP contribution in [0, 0.1) is 27.2 Å². The molecule has 0 N–H and O–H groups in total. The second kappa shape index (κ2) is 8.29. The lowest BCUT2D eigenvalue weighted by molar-refractivity contribution is -0.385. The highest BCUT2D eigenvalue weighted by Gasteiger charge is 2.18. The Balaban J connectivity index is 2.16. The van der Waals surface area contributed by atoms with Gasteiger partial charge in [-0.1, -0.05) is 17.4 Å². The van der Waals surface area contributed by atoms with E-state index in [1.54, 1.807) is 10.6 Å². The molecule has 150 valence electrons. The van der Waals surface area contributed by atoms with E-state index in [2.05, 4.69) is 4.99 Å². The molecule has 0 saturated heterocycles. The van der Waals surface area contributed by atoms with E-state index < -0.39 is 15.8 Å². The number of carbonyl (C=O) groups excluding carboxylic acids is 1. The number of nitrogens with zero attached hydrogens (tertiary/aromatic N) is 4. The summed E-state index contributed by atoms with van der Waals surface area (Å²) in [4.78, 5) is 38.4. The van der Waals surface area contributed by atoms with Gasteiger partial charge in [-0.25, -0.2) is 0 Å². The van der Waals surface area contributed by atoms with Gasteiger partial charge in [0.05, 0.1) is 32.2 Å². The molecule has 0 aliphatic rings. The van der Waals surface area contributed by atoms with Gasteiger partial charge in [-0.15, -0.1) is 0 Å². The second-order valence-electron chi connectivity index (χ2n) is 6.06. The Bertz CT molecular complexity index is 1200. The summed E-state index contributed by atoms with van der Waals surface area (Å²) in [6.45, 7) is 2.22. The Kier molecular flexibility index (Phi) is 5.80. The van der Waals surface area contributed by atoms with E-state index in [9.17, 15) is 25.0 Å². The minimum Gasteiger partial charge on any atom is -0.383 e. The van der Waals surface area contributed by atoms with Crippen LogP contribution in [0.2, 0.25) is 0 Å². The summed E-state index contributed by atoms with van der Waals surface area (Å²) >= 11 is 1.13. The SMILES string of the molecule is COCCn1c(=NC(=O)c2cccc([N+](=O)[O-])c2C)sc2cc([N+](=O)[O-])ccc21. The fourth-order valence-corrected chi connectivity index (χ4v) is 3.95. The van der Waals surface area contributed by atoms with E-state index >= 15 is 0 Å². The summed E-state index contributed by atoms with van der Waals surface area (Å²) in [6, 6.07) is 8.64. The Morgan fingerprint density at radius 1 is 1.21 bits per heavy atom. The summed E-state index contributed by atoms with van der Waals surface area (Å²) in [6.07, 6.45) is 0. The summed E-state index contributed by atoms with van der Waals surface area (Å²) in [5.74, 6) is -0.626. The number of aromatic nitrogens is 1. The first-order valence-electron chi connectivity index (χ1n) is 8.43. The van der Waals surface area contributed by atoms with Crippen LogP contribution in [0.1, 0.15) is 15.9 Å². The highest BCUT2D eigenvalue weighted by Crippen LogP contribution is 2.24. The van der Waals surface area contributed by atoms with Crippen molar-refractivity contribution in [1.82, 2.24) is 4.57 Å². The fraction of sp³-hybridized carbons (Fsp3) is 0.222. The van der Waals surface area contributed by atoms with E-state index in [0.29, 0.717) is 28.2 Å². The lowest BCUT2D eigenvalue weighted by Crippen LogP contribution is -2.19. The maximum Gasteiger partial charge on any atom is 0.280 e. The molecular weight excluding hydrogens is 400 g/mol. The highest BCUT2D eigenvalue weighted by molar-refractivity contribution is 7.16. The van der Waals surface area contributed by atoms with Gasteiger partial charge in [0.25, 0.3) is 17.3 Å². The van der Waals surface area contributed by atoms with Crippen molar-refractivity contribution in [2.75, 3.05) is 13.7 Å². The number of rotatable bonds is 6. The number of thiazole rings is 1. The molecule has 1 aromatic heterocycles. The number of benzene rings is 2. The largest absolute Gasteiger partial charge is 0.383 e. The molecule has 0 unspecified atom stereocenters. The number of methoxy groups -OCH3 is 1. The van der Waals surface area contributed by atoms with Gasteiger partial charge in [0.2, 0.25) is 0 Å². The topological polar surface area (TPSA) is 130 Å². The van der Waals surface area contributed by atoms with Gasteiger partial charge in [-0.05, 0) is 19.1 Å². The number of fused-ring (bicyclic) bond motifs is 1. The molecule has 2 aromatic carbocycles. The Morgan fingerprint density at radius 2 is 1.97 bits per heavy atom. The average Bonchev–Trinajstić information content (AvgIpc) is 3.02. The Labute approximate surface area is 168 Å². The van der Waals surface area contributed by atoms with Gasteiger partial charge < -0.3 is 9.30 Å². The summed E-state index contributed by atoms with van der Waals surface area (Å²) in [5.41, 5.74) is 0.808. The molecule has 10 nitrogen and oxygen atoms in total. The predicted octanol–water partition coefficient (Wildman–Crippen LogP) is 3.22. The predicted molar refractivity (Wildman–Crippen MR) is 106 cm³/mol. The van der Waals surface area contributed by atoms with Crippen molar-refractivity contribution in [1.29, 1.82) is 0 Å². The fourth-order valence-electron chi connectivity index (χ4n) is 2.86. The molecule has 1 amide bonds. The zero-order chi connectivity index (χ0) is 21.1. The van der Waals surface area contributed by atoms with E-state index in [0.717, 1.165) is 11.3 Å². The standard InChI is InChI=1S/C18H16N4O6S/c1-11-13(4-3-5-14(11)22(26)27)17(23)19-18-20(8-9-28-2)15-7-6-12(21(24)25)10-16(15)29-18/h3-7,10H,8-9H2,1-2H3. The van der Waals surface area contributed by atoms with Gasteiger partial charge in [0.1, 0.15) is 0 Å².